The highest BCUT2D eigenvalue weighted by atomic mass is 32.2. The van der Waals surface area contributed by atoms with E-state index in [9.17, 15) is 10.1 Å². The summed E-state index contributed by atoms with van der Waals surface area (Å²) in [5, 5.41) is 21.5. The summed E-state index contributed by atoms with van der Waals surface area (Å²) in [5.74, 6) is 1.14. The molecule has 0 spiro atoms. The number of aromatic nitrogens is 3. The van der Waals surface area contributed by atoms with E-state index in [0.29, 0.717) is 0 Å². The summed E-state index contributed by atoms with van der Waals surface area (Å²) in [7, 11) is 1.78. The number of nitriles is 1. The fourth-order valence-corrected chi connectivity index (χ4v) is 5.96. The second-order valence-electron chi connectivity index (χ2n) is 8.49. The van der Waals surface area contributed by atoms with Gasteiger partial charge in [-0.3, -0.25) is 4.79 Å². The summed E-state index contributed by atoms with van der Waals surface area (Å²) in [6, 6.07) is 17.0. The van der Waals surface area contributed by atoms with Gasteiger partial charge in [-0.25, -0.2) is 0 Å². The average Bonchev–Trinajstić information content (AvgIpc) is 3.52. The molecule has 8 heteroatoms. The number of amides is 1. The highest BCUT2D eigenvalue weighted by molar-refractivity contribution is 7.99. The standard InChI is InChI=1S/C25H29N5OS2/c1-29(25(19-26)13-6-3-7-14-25)23(31)18-33-24-28-27-22(17-21-11-8-16-32-21)30(24)15-12-20-9-4-2-5-10-20/h2,4-5,8-11,16H,3,6-7,12-15,17-18H2,1H3. The van der Waals surface area contributed by atoms with E-state index in [1.54, 1.807) is 23.3 Å². The molecule has 0 radical (unpaired) electrons. The third kappa shape index (κ3) is 5.66. The van der Waals surface area contributed by atoms with Crippen molar-refractivity contribution in [2.24, 2.45) is 0 Å². The Morgan fingerprint density at radius 3 is 2.67 bits per heavy atom. The Kier molecular flexibility index (Phi) is 7.84. The number of hydrogen-bond donors (Lipinski definition) is 0. The predicted octanol–water partition coefficient (Wildman–Crippen LogP) is 4.95. The van der Waals surface area contributed by atoms with Crippen LogP contribution in [0.3, 0.4) is 0 Å². The van der Waals surface area contributed by atoms with Gasteiger partial charge in [0.15, 0.2) is 5.16 Å². The van der Waals surface area contributed by atoms with Gasteiger partial charge in [-0.15, -0.1) is 21.5 Å². The van der Waals surface area contributed by atoms with E-state index in [1.807, 2.05) is 12.1 Å². The molecule has 172 valence electrons. The summed E-state index contributed by atoms with van der Waals surface area (Å²) >= 11 is 3.13. The van der Waals surface area contributed by atoms with Crippen molar-refractivity contribution < 1.29 is 4.79 Å². The van der Waals surface area contributed by atoms with Crippen LogP contribution in [-0.4, -0.2) is 43.9 Å². The Balaban J connectivity index is 1.47. The number of hydrogen-bond acceptors (Lipinski definition) is 6. The Morgan fingerprint density at radius 1 is 1.18 bits per heavy atom. The van der Waals surface area contributed by atoms with Crippen LogP contribution in [0.4, 0.5) is 0 Å². The van der Waals surface area contributed by atoms with Crippen molar-refractivity contribution in [3.05, 3.63) is 64.1 Å². The Morgan fingerprint density at radius 2 is 1.97 bits per heavy atom. The topological polar surface area (TPSA) is 74.8 Å². The molecule has 0 unspecified atom stereocenters. The minimum Gasteiger partial charge on any atom is -0.326 e. The van der Waals surface area contributed by atoms with Crippen LogP contribution in [0, 0.1) is 11.3 Å². The van der Waals surface area contributed by atoms with Gasteiger partial charge in [-0.2, -0.15) is 5.26 Å². The van der Waals surface area contributed by atoms with Gasteiger partial charge >= 0.3 is 0 Å². The number of carbonyl (C=O) groups is 1. The quantitative estimate of drug-likeness (QED) is 0.406. The van der Waals surface area contributed by atoms with Crippen LogP contribution in [0.25, 0.3) is 0 Å². The van der Waals surface area contributed by atoms with E-state index in [0.717, 1.165) is 62.5 Å². The number of nitrogens with zero attached hydrogens (tertiary/aromatic N) is 5. The minimum atomic E-state index is -0.665. The van der Waals surface area contributed by atoms with Crippen molar-refractivity contribution in [3.8, 4) is 6.07 Å². The van der Waals surface area contributed by atoms with Crippen molar-refractivity contribution in [2.75, 3.05) is 12.8 Å². The third-order valence-corrected chi connectivity index (χ3v) is 8.23. The van der Waals surface area contributed by atoms with Gasteiger partial charge in [0.2, 0.25) is 5.91 Å². The molecule has 6 nitrogen and oxygen atoms in total. The van der Waals surface area contributed by atoms with Crippen LogP contribution in [0.15, 0.2) is 53.0 Å². The van der Waals surface area contributed by atoms with Crippen molar-refractivity contribution in [1.82, 2.24) is 19.7 Å². The summed E-state index contributed by atoms with van der Waals surface area (Å²) < 4.78 is 2.14. The molecule has 0 atom stereocenters. The lowest BCUT2D eigenvalue weighted by atomic mass is 9.81. The summed E-state index contributed by atoms with van der Waals surface area (Å²) in [4.78, 5) is 15.9. The van der Waals surface area contributed by atoms with Gasteiger partial charge in [0.05, 0.1) is 11.8 Å². The van der Waals surface area contributed by atoms with Crippen LogP contribution >= 0.6 is 23.1 Å². The van der Waals surface area contributed by atoms with Crippen molar-refractivity contribution in [3.63, 3.8) is 0 Å². The number of benzene rings is 1. The number of thioether (sulfide) groups is 1. The molecule has 1 amide bonds. The Labute approximate surface area is 203 Å². The summed E-state index contributed by atoms with van der Waals surface area (Å²) in [6.45, 7) is 0.756. The molecule has 0 saturated heterocycles. The van der Waals surface area contributed by atoms with Gasteiger partial charge < -0.3 is 9.47 Å². The maximum atomic E-state index is 13.0. The first-order chi connectivity index (χ1) is 16.1. The zero-order chi connectivity index (χ0) is 23.1. The first-order valence-corrected chi connectivity index (χ1v) is 13.3. The molecule has 1 fully saturated rings. The molecule has 1 saturated carbocycles. The lowest BCUT2D eigenvalue weighted by Gasteiger charge is -2.39. The SMILES string of the molecule is CN(C(=O)CSc1nnc(Cc2cccs2)n1CCc1ccccc1)C1(C#N)CCCCC1. The van der Waals surface area contributed by atoms with Crippen molar-refractivity contribution in [1.29, 1.82) is 5.26 Å². The smallest absolute Gasteiger partial charge is 0.234 e. The molecule has 1 aliphatic carbocycles. The normalized spacial score (nSPS) is 15.2. The third-order valence-electron chi connectivity index (χ3n) is 6.40. The zero-order valence-corrected chi connectivity index (χ0v) is 20.6. The molecule has 2 aromatic heterocycles. The van der Waals surface area contributed by atoms with Gasteiger partial charge in [0, 0.05) is 24.9 Å². The van der Waals surface area contributed by atoms with Gasteiger partial charge in [0.1, 0.15) is 11.4 Å². The lowest BCUT2D eigenvalue weighted by Crippen LogP contribution is -2.50. The lowest BCUT2D eigenvalue weighted by molar-refractivity contribution is -0.131. The maximum Gasteiger partial charge on any atom is 0.234 e. The first-order valence-electron chi connectivity index (χ1n) is 11.4. The highest BCUT2D eigenvalue weighted by Gasteiger charge is 2.38. The van der Waals surface area contributed by atoms with E-state index in [1.165, 1.54) is 22.2 Å². The number of thiophene rings is 1. The van der Waals surface area contributed by atoms with Crippen LogP contribution in [0.1, 0.15) is 48.4 Å². The monoisotopic (exact) mass is 479 g/mol. The average molecular weight is 480 g/mol. The Hall–Kier alpha value is -2.63. The van der Waals surface area contributed by atoms with Gasteiger partial charge in [-0.05, 0) is 36.3 Å². The summed E-state index contributed by atoms with van der Waals surface area (Å²) in [5.41, 5.74) is 0.592. The molecule has 2 heterocycles. The second kappa shape index (κ2) is 11.0. The van der Waals surface area contributed by atoms with Crippen LogP contribution in [-0.2, 0) is 24.2 Å². The number of rotatable bonds is 9. The number of carbonyl (C=O) groups excluding carboxylic acids is 1. The minimum absolute atomic E-state index is 0.0270. The molecule has 3 aromatic rings. The van der Waals surface area contributed by atoms with Gasteiger partial charge in [-0.1, -0.05) is 67.4 Å². The first kappa shape index (κ1) is 23.5. The molecule has 0 bridgehead atoms. The van der Waals surface area contributed by atoms with Gasteiger partial charge in [0.25, 0.3) is 0 Å². The molecule has 33 heavy (non-hydrogen) atoms. The van der Waals surface area contributed by atoms with Crippen molar-refractivity contribution in [2.45, 2.75) is 62.2 Å². The van der Waals surface area contributed by atoms with Crippen LogP contribution in [0.5, 0.6) is 0 Å². The molecule has 4 rings (SSSR count). The van der Waals surface area contributed by atoms with Crippen LogP contribution in [0.2, 0.25) is 0 Å². The molecular weight excluding hydrogens is 450 g/mol. The zero-order valence-electron chi connectivity index (χ0n) is 18.9. The fraction of sp³-hybridized carbons (Fsp3) is 0.440. The fourth-order valence-electron chi connectivity index (χ4n) is 4.36. The largest absolute Gasteiger partial charge is 0.326 e. The van der Waals surface area contributed by atoms with Crippen molar-refractivity contribution >= 4 is 29.0 Å². The van der Waals surface area contributed by atoms with E-state index < -0.39 is 5.54 Å². The highest BCUT2D eigenvalue weighted by Crippen LogP contribution is 2.33. The summed E-state index contributed by atoms with van der Waals surface area (Å²) in [6.07, 6.45) is 6.25. The van der Waals surface area contributed by atoms with Crippen LogP contribution < -0.4 is 0 Å². The second-order valence-corrected chi connectivity index (χ2v) is 10.5. The predicted molar refractivity (Wildman–Crippen MR) is 132 cm³/mol. The Bertz CT molecular complexity index is 1080. The van der Waals surface area contributed by atoms with E-state index in [-0.39, 0.29) is 11.7 Å². The molecule has 0 N–H and O–H groups in total. The molecular formula is C25H29N5OS2. The van der Waals surface area contributed by atoms with E-state index >= 15 is 0 Å². The van der Waals surface area contributed by atoms with E-state index in [4.69, 9.17) is 0 Å². The molecule has 0 aliphatic heterocycles. The number of aryl methyl sites for hydroxylation is 1. The maximum absolute atomic E-state index is 13.0. The molecule has 1 aromatic carbocycles. The molecule has 1 aliphatic rings. The van der Waals surface area contributed by atoms with E-state index in [2.05, 4.69) is 56.5 Å².